The molecule has 2 N–H and O–H groups in total. The number of likely N-dealkylation sites (tertiary alicyclic amines) is 1. The summed E-state index contributed by atoms with van der Waals surface area (Å²) < 4.78 is 11.7. The maximum absolute atomic E-state index is 6.17. The molecule has 1 aromatic carbocycles. The van der Waals surface area contributed by atoms with Gasteiger partial charge >= 0.3 is 0 Å². The molecule has 1 saturated heterocycles. The van der Waals surface area contributed by atoms with E-state index in [0.717, 1.165) is 31.0 Å². The Balaban J connectivity index is 1.76. The molecule has 0 radical (unpaired) electrons. The molecule has 2 aliphatic rings. The van der Waals surface area contributed by atoms with Gasteiger partial charge in [0.1, 0.15) is 6.10 Å². The highest BCUT2D eigenvalue weighted by molar-refractivity contribution is 5.47. The van der Waals surface area contributed by atoms with Gasteiger partial charge in [0.2, 0.25) is 0 Å². The molecule has 0 bridgehead atoms. The van der Waals surface area contributed by atoms with Crippen molar-refractivity contribution in [2.75, 3.05) is 33.8 Å². The number of nitrogens with zero attached hydrogens (tertiary/aromatic N) is 1. The van der Waals surface area contributed by atoms with E-state index in [0.29, 0.717) is 6.54 Å². The van der Waals surface area contributed by atoms with E-state index in [4.69, 9.17) is 15.2 Å². The Morgan fingerprint density at radius 2 is 2.14 bits per heavy atom. The van der Waals surface area contributed by atoms with Gasteiger partial charge in [0.05, 0.1) is 7.11 Å². The van der Waals surface area contributed by atoms with Crippen molar-refractivity contribution in [3.8, 4) is 11.5 Å². The highest BCUT2D eigenvalue weighted by atomic mass is 16.5. The van der Waals surface area contributed by atoms with Crippen LogP contribution in [0.15, 0.2) is 18.2 Å². The van der Waals surface area contributed by atoms with Gasteiger partial charge in [0.25, 0.3) is 0 Å². The van der Waals surface area contributed by atoms with Crippen molar-refractivity contribution in [3.63, 3.8) is 0 Å². The third-order valence-corrected chi connectivity index (χ3v) is 4.90. The van der Waals surface area contributed by atoms with Gasteiger partial charge in [-0.1, -0.05) is 6.07 Å². The number of hydrogen-bond donors (Lipinski definition) is 1. The molecule has 1 aliphatic heterocycles. The van der Waals surface area contributed by atoms with Gasteiger partial charge in [0, 0.05) is 18.5 Å². The van der Waals surface area contributed by atoms with Crippen LogP contribution in [-0.4, -0.2) is 44.8 Å². The van der Waals surface area contributed by atoms with Gasteiger partial charge < -0.3 is 20.1 Å². The number of nitrogens with two attached hydrogens (primary N) is 1. The molecule has 0 aromatic heterocycles. The first kappa shape index (κ1) is 14.7. The second-order valence-corrected chi connectivity index (χ2v) is 6.49. The first-order chi connectivity index (χ1) is 10.2. The van der Waals surface area contributed by atoms with Crippen LogP contribution in [0.2, 0.25) is 0 Å². The number of piperidine rings is 1. The molecular weight excluding hydrogens is 264 g/mol. The Bertz CT molecular complexity index is 500. The smallest absolute Gasteiger partial charge is 0.161 e. The Kier molecular flexibility index (Phi) is 4.09. The summed E-state index contributed by atoms with van der Waals surface area (Å²) in [5, 5.41) is 0. The summed E-state index contributed by atoms with van der Waals surface area (Å²) in [6, 6.07) is 6.32. The van der Waals surface area contributed by atoms with Crippen molar-refractivity contribution >= 4 is 0 Å². The summed E-state index contributed by atoms with van der Waals surface area (Å²) in [7, 11) is 3.86. The number of methoxy groups -OCH3 is 1. The van der Waals surface area contributed by atoms with E-state index in [1.54, 1.807) is 7.11 Å². The number of hydrogen-bond acceptors (Lipinski definition) is 4. The van der Waals surface area contributed by atoms with E-state index in [-0.39, 0.29) is 11.5 Å². The predicted molar refractivity (Wildman–Crippen MR) is 84.1 cm³/mol. The van der Waals surface area contributed by atoms with Crippen LogP contribution in [0.5, 0.6) is 11.5 Å². The zero-order chi connectivity index (χ0) is 14.9. The van der Waals surface area contributed by atoms with Crippen LogP contribution in [-0.2, 0) is 5.41 Å². The summed E-state index contributed by atoms with van der Waals surface area (Å²) in [5.74, 6) is 1.69. The topological polar surface area (TPSA) is 47.7 Å². The van der Waals surface area contributed by atoms with Crippen LogP contribution >= 0.6 is 0 Å². The van der Waals surface area contributed by atoms with Crippen LogP contribution in [0, 0.1) is 0 Å². The van der Waals surface area contributed by atoms with Crippen LogP contribution in [0.1, 0.15) is 31.2 Å². The number of benzene rings is 1. The van der Waals surface area contributed by atoms with E-state index in [1.807, 2.05) is 0 Å². The van der Waals surface area contributed by atoms with E-state index < -0.39 is 0 Å². The SMILES string of the molecule is COc1cc(C2(CN)CC2)ccc1OC1CCCN(C)C1. The second kappa shape index (κ2) is 5.85. The molecule has 1 saturated carbocycles. The molecule has 0 amide bonds. The van der Waals surface area contributed by atoms with Crippen LogP contribution in [0.25, 0.3) is 0 Å². The Hall–Kier alpha value is -1.26. The van der Waals surface area contributed by atoms with Crippen LogP contribution < -0.4 is 15.2 Å². The van der Waals surface area contributed by atoms with Gasteiger partial charge in [-0.25, -0.2) is 0 Å². The van der Waals surface area contributed by atoms with Gasteiger partial charge in [-0.2, -0.15) is 0 Å². The molecule has 4 nitrogen and oxygen atoms in total. The Morgan fingerprint density at radius 3 is 2.76 bits per heavy atom. The summed E-state index contributed by atoms with van der Waals surface area (Å²) in [6.07, 6.45) is 4.92. The normalized spacial score (nSPS) is 24.6. The van der Waals surface area contributed by atoms with Gasteiger partial charge in [0.15, 0.2) is 11.5 Å². The van der Waals surface area contributed by atoms with Crippen molar-refractivity contribution in [3.05, 3.63) is 23.8 Å². The number of likely N-dealkylation sites (N-methyl/N-ethyl adjacent to an activating group) is 1. The van der Waals surface area contributed by atoms with Crippen LogP contribution in [0.3, 0.4) is 0 Å². The average Bonchev–Trinajstić information content (AvgIpc) is 3.29. The third-order valence-electron chi connectivity index (χ3n) is 4.90. The molecule has 1 atom stereocenters. The molecule has 3 rings (SSSR count). The lowest BCUT2D eigenvalue weighted by atomic mass is 9.96. The fraction of sp³-hybridized carbons (Fsp3) is 0.647. The highest BCUT2D eigenvalue weighted by Gasteiger charge is 2.43. The fourth-order valence-electron chi connectivity index (χ4n) is 3.25. The van der Waals surface area contributed by atoms with Crippen LogP contribution in [0.4, 0.5) is 0 Å². The molecule has 1 aliphatic carbocycles. The van der Waals surface area contributed by atoms with E-state index >= 15 is 0 Å². The maximum Gasteiger partial charge on any atom is 0.161 e. The fourth-order valence-corrected chi connectivity index (χ4v) is 3.25. The lowest BCUT2D eigenvalue weighted by Crippen LogP contribution is -2.38. The standard InChI is InChI=1S/C17H26N2O2/c1-19-9-3-4-14(11-19)21-15-6-5-13(10-16(15)20-2)17(12-18)7-8-17/h5-6,10,14H,3-4,7-9,11-12,18H2,1-2H3. The zero-order valence-electron chi connectivity index (χ0n) is 13.1. The molecule has 1 heterocycles. The van der Waals surface area contributed by atoms with E-state index in [2.05, 4.69) is 30.1 Å². The first-order valence-electron chi connectivity index (χ1n) is 7.91. The molecule has 4 heteroatoms. The minimum atomic E-state index is 0.191. The van der Waals surface area contributed by atoms with Gasteiger partial charge in [-0.05, 0) is 57.0 Å². The number of ether oxygens (including phenoxy) is 2. The van der Waals surface area contributed by atoms with Gasteiger partial charge in [-0.15, -0.1) is 0 Å². The zero-order valence-corrected chi connectivity index (χ0v) is 13.1. The minimum absolute atomic E-state index is 0.191. The van der Waals surface area contributed by atoms with Crippen molar-refractivity contribution in [1.82, 2.24) is 4.90 Å². The summed E-state index contributed by atoms with van der Waals surface area (Å²) >= 11 is 0. The molecule has 1 aromatic rings. The Morgan fingerprint density at radius 1 is 1.33 bits per heavy atom. The summed E-state index contributed by atoms with van der Waals surface area (Å²) in [4.78, 5) is 2.32. The van der Waals surface area contributed by atoms with Crippen molar-refractivity contribution in [2.24, 2.45) is 5.73 Å². The summed E-state index contributed by atoms with van der Waals surface area (Å²) in [6.45, 7) is 2.86. The lowest BCUT2D eigenvalue weighted by Gasteiger charge is -2.30. The third kappa shape index (κ3) is 3.01. The van der Waals surface area contributed by atoms with Crippen molar-refractivity contribution < 1.29 is 9.47 Å². The maximum atomic E-state index is 6.17. The predicted octanol–water partition coefficient (Wildman–Crippen LogP) is 2.16. The molecule has 116 valence electrons. The quantitative estimate of drug-likeness (QED) is 0.903. The highest BCUT2D eigenvalue weighted by Crippen LogP contribution is 2.49. The lowest BCUT2D eigenvalue weighted by molar-refractivity contribution is 0.101. The van der Waals surface area contributed by atoms with Gasteiger partial charge in [-0.3, -0.25) is 0 Å². The Labute approximate surface area is 127 Å². The monoisotopic (exact) mass is 290 g/mol. The van der Waals surface area contributed by atoms with E-state index in [9.17, 15) is 0 Å². The van der Waals surface area contributed by atoms with E-state index in [1.165, 1.54) is 24.8 Å². The minimum Gasteiger partial charge on any atom is -0.493 e. The van der Waals surface area contributed by atoms with Crippen molar-refractivity contribution in [1.29, 1.82) is 0 Å². The summed E-state index contributed by atoms with van der Waals surface area (Å²) in [5.41, 5.74) is 7.40. The molecule has 0 spiro atoms. The molecular formula is C17H26N2O2. The molecule has 1 unspecified atom stereocenters. The second-order valence-electron chi connectivity index (χ2n) is 6.49. The molecule has 2 fully saturated rings. The number of rotatable bonds is 5. The first-order valence-corrected chi connectivity index (χ1v) is 7.91. The van der Waals surface area contributed by atoms with Crippen molar-refractivity contribution in [2.45, 2.75) is 37.2 Å². The molecule has 21 heavy (non-hydrogen) atoms. The largest absolute Gasteiger partial charge is 0.493 e. The average molecular weight is 290 g/mol.